The smallest absolute Gasteiger partial charge is 0.457 e. The van der Waals surface area contributed by atoms with Gasteiger partial charge < -0.3 is 42.7 Å². The Morgan fingerprint density at radius 3 is 2.29 bits per heavy atom. The van der Waals surface area contributed by atoms with Crippen LogP contribution < -0.4 is 0 Å². The number of ether oxygens (including phenoxy) is 6. The van der Waals surface area contributed by atoms with E-state index in [4.69, 9.17) is 40.0 Å². The summed E-state index contributed by atoms with van der Waals surface area (Å²) in [6.45, 7) is 2.70. The van der Waals surface area contributed by atoms with Crippen LogP contribution in [0.2, 0.25) is 5.15 Å². The van der Waals surface area contributed by atoms with E-state index in [1.54, 1.807) is 16.3 Å². The van der Waals surface area contributed by atoms with Crippen LogP contribution >= 0.6 is 11.6 Å². The number of esters is 2. The third-order valence-corrected chi connectivity index (χ3v) is 10.1. The summed E-state index contributed by atoms with van der Waals surface area (Å²) in [7, 11) is 1.77. The Kier molecular flexibility index (Phi) is 15.2. The first-order valence-electron chi connectivity index (χ1n) is 19.6. The molecule has 2 aliphatic rings. The Balaban J connectivity index is 1.01. The SMILES string of the molecule is CCCCc1nc(Cl)c(C(=O)OC(C)OC(=O)O[C@@H]2CO[C@H]3[C@@H]2OC[C@H]3OC(=O)CCCC(CO[N+](=O)[O-])O[N+](=O)[O-])n1Cc1ccc(-c2ccccc2-c2nnnn2C)cc1. The fourth-order valence-electron chi connectivity index (χ4n) is 7.00. The van der Waals surface area contributed by atoms with Gasteiger partial charge in [0.2, 0.25) is 6.29 Å². The van der Waals surface area contributed by atoms with Gasteiger partial charge >= 0.3 is 18.1 Å². The second-order valence-electron chi connectivity index (χ2n) is 14.2. The number of benzene rings is 2. The number of unbranched alkanes of at least 4 members (excludes halogenated alkanes) is 1. The van der Waals surface area contributed by atoms with E-state index in [1.165, 1.54) is 6.92 Å². The summed E-state index contributed by atoms with van der Waals surface area (Å²) in [4.78, 5) is 73.1. The predicted octanol–water partition coefficient (Wildman–Crippen LogP) is 4.47. The Labute approximate surface area is 357 Å². The maximum Gasteiger partial charge on any atom is 0.511 e. The highest BCUT2D eigenvalue weighted by molar-refractivity contribution is 6.32. The van der Waals surface area contributed by atoms with Gasteiger partial charge in [-0.05, 0) is 46.4 Å². The molecule has 0 radical (unpaired) electrons. The standard InChI is InChI=1S/C38H43ClN8O15/c1-4-5-12-30-40-35(39)32(45(30)18-23-14-16-24(17-15-23)26-10-6-7-11-27(26)36-41-42-43-44(36)3)37(49)58-22(2)59-38(50)61-29-21-56-33-28(20-55-34(29)33)60-31(48)13-8-9-25(62-47(53)54)19-57-46(51)52/h6-7,10-11,14-17,22,25,28-29,33-34H,4-5,8-9,12-13,18-21H2,1-3H3/t22?,25?,28-,29-,33-,34-/m1/s1. The van der Waals surface area contributed by atoms with Crippen molar-refractivity contribution >= 4 is 29.7 Å². The van der Waals surface area contributed by atoms with Crippen LogP contribution in [0.15, 0.2) is 48.5 Å². The van der Waals surface area contributed by atoms with Crippen molar-refractivity contribution in [3.05, 3.63) is 91.0 Å². The second kappa shape index (κ2) is 20.9. The summed E-state index contributed by atoms with van der Waals surface area (Å²) >= 11 is 6.55. The molecule has 0 aliphatic carbocycles. The van der Waals surface area contributed by atoms with Crippen LogP contribution in [0.5, 0.6) is 0 Å². The first-order valence-corrected chi connectivity index (χ1v) is 19.9. The zero-order chi connectivity index (χ0) is 44.3. The molecule has 2 aromatic carbocycles. The van der Waals surface area contributed by atoms with Crippen molar-refractivity contribution in [1.29, 1.82) is 0 Å². The molecule has 332 valence electrons. The minimum atomic E-state index is -1.42. The molecule has 23 nitrogen and oxygen atoms in total. The van der Waals surface area contributed by atoms with Gasteiger partial charge in [0.15, 0.2) is 28.9 Å². The normalized spacial score (nSPS) is 18.9. The van der Waals surface area contributed by atoms with Gasteiger partial charge in [-0.15, -0.1) is 25.3 Å². The molecule has 2 unspecified atom stereocenters. The first kappa shape index (κ1) is 45.1. The van der Waals surface area contributed by atoms with Crippen molar-refractivity contribution in [3.63, 3.8) is 0 Å². The van der Waals surface area contributed by atoms with E-state index in [-0.39, 0.29) is 49.9 Å². The third kappa shape index (κ3) is 11.5. The number of tetrazole rings is 1. The van der Waals surface area contributed by atoms with E-state index in [0.29, 0.717) is 18.1 Å². The number of carbonyl (C=O) groups is 3. The Morgan fingerprint density at radius 1 is 0.952 bits per heavy atom. The van der Waals surface area contributed by atoms with E-state index in [2.05, 4.69) is 30.2 Å². The molecule has 24 heteroatoms. The maximum atomic E-state index is 13.6. The van der Waals surface area contributed by atoms with Crippen LogP contribution in [0.4, 0.5) is 4.79 Å². The second-order valence-corrected chi connectivity index (χ2v) is 14.6. The highest BCUT2D eigenvalue weighted by Gasteiger charge is 2.51. The Hall–Kier alpha value is -6.46. The maximum absolute atomic E-state index is 13.6. The molecule has 6 atom stereocenters. The van der Waals surface area contributed by atoms with Crippen LogP contribution in [0.3, 0.4) is 0 Å². The topological polar surface area (TPSA) is 273 Å². The van der Waals surface area contributed by atoms with Gasteiger partial charge in [0.1, 0.15) is 30.7 Å². The Bertz CT molecular complexity index is 2220. The molecule has 4 aromatic rings. The van der Waals surface area contributed by atoms with Gasteiger partial charge in [-0.25, -0.2) is 19.3 Å². The van der Waals surface area contributed by atoms with Gasteiger partial charge in [-0.2, -0.15) is 0 Å². The molecule has 2 saturated heterocycles. The van der Waals surface area contributed by atoms with Crippen molar-refractivity contribution in [3.8, 4) is 22.5 Å². The number of hydrogen-bond acceptors (Lipinski definition) is 19. The van der Waals surface area contributed by atoms with Crippen molar-refractivity contribution < 1.29 is 62.7 Å². The lowest BCUT2D eigenvalue weighted by Gasteiger charge is -2.19. The zero-order valence-corrected chi connectivity index (χ0v) is 34.5. The summed E-state index contributed by atoms with van der Waals surface area (Å²) in [6.07, 6.45) is -5.37. The lowest BCUT2D eigenvalue weighted by atomic mass is 9.98. The zero-order valence-electron chi connectivity index (χ0n) is 33.7. The summed E-state index contributed by atoms with van der Waals surface area (Å²) in [5.41, 5.74) is 3.54. The average molecular weight is 887 g/mol. The third-order valence-electron chi connectivity index (χ3n) is 9.88. The molecule has 2 aliphatic heterocycles. The number of hydrogen-bond donors (Lipinski definition) is 0. The molecular weight excluding hydrogens is 844 g/mol. The summed E-state index contributed by atoms with van der Waals surface area (Å²) in [6, 6.07) is 15.6. The monoisotopic (exact) mass is 886 g/mol. The van der Waals surface area contributed by atoms with Crippen LogP contribution in [-0.2, 0) is 62.9 Å². The molecule has 0 saturated carbocycles. The van der Waals surface area contributed by atoms with Crippen molar-refractivity contribution in [2.75, 3.05) is 19.8 Å². The van der Waals surface area contributed by atoms with Crippen LogP contribution in [0.1, 0.15) is 67.8 Å². The highest BCUT2D eigenvalue weighted by atomic mass is 35.5. The molecule has 0 spiro atoms. The fraction of sp³-hybridized carbons (Fsp3) is 0.500. The molecule has 0 amide bonds. The summed E-state index contributed by atoms with van der Waals surface area (Å²) in [5.74, 6) is -0.379. The van der Waals surface area contributed by atoms with Crippen molar-refractivity contribution in [2.45, 2.75) is 95.7 Å². The predicted molar refractivity (Wildman–Crippen MR) is 209 cm³/mol. The number of fused-ring (bicyclic) bond motifs is 1. The summed E-state index contributed by atoms with van der Waals surface area (Å²) < 4.78 is 36.3. The molecule has 0 N–H and O–H groups in total. The molecule has 0 bridgehead atoms. The fourth-order valence-corrected chi connectivity index (χ4v) is 7.28. The number of aromatic nitrogens is 6. The number of aryl methyl sites for hydroxylation is 2. The number of halogens is 1. The molecule has 4 heterocycles. The van der Waals surface area contributed by atoms with Crippen molar-refractivity contribution in [2.24, 2.45) is 7.05 Å². The number of rotatable bonds is 21. The Morgan fingerprint density at radius 2 is 1.65 bits per heavy atom. The number of carbonyl (C=O) groups excluding carboxylic acids is 3. The lowest BCUT2D eigenvalue weighted by molar-refractivity contribution is -0.790. The van der Waals surface area contributed by atoms with E-state index >= 15 is 0 Å². The van der Waals surface area contributed by atoms with Gasteiger partial charge in [0.05, 0.1) is 13.2 Å². The van der Waals surface area contributed by atoms with E-state index in [9.17, 15) is 34.6 Å². The van der Waals surface area contributed by atoms with Crippen LogP contribution in [-0.4, -0.2) is 115 Å². The number of imidazole rings is 1. The highest BCUT2D eigenvalue weighted by Crippen LogP contribution is 2.33. The molecular formula is C38H43ClN8O15. The van der Waals surface area contributed by atoms with E-state index in [1.807, 2.05) is 55.5 Å². The van der Waals surface area contributed by atoms with Crippen LogP contribution in [0, 0.1) is 20.2 Å². The van der Waals surface area contributed by atoms with Gasteiger partial charge in [-0.1, -0.05) is 73.5 Å². The average Bonchev–Trinajstić information content (AvgIpc) is 4.01. The largest absolute Gasteiger partial charge is 0.511 e. The van der Waals surface area contributed by atoms with Crippen molar-refractivity contribution in [1.82, 2.24) is 29.8 Å². The molecule has 62 heavy (non-hydrogen) atoms. The summed E-state index contributed by atoms with van der Waals surface area (Å²) in [5, 5.41) is 30.7. The molecule has 2 fully saturated rings. The lowest BCUT2D eigenvalue weighted by Crippen LogP contribution is -2.36. The molecule has 6 rings (SSSR count). The van der Waals surface area contributed by atoms with Gasteiger partial charge in [-0.3, -0.25) is 4.79 Å². The first-order chi connectivity index (χ1) is 29.8. The quantitative estimate of drug-likeness (QED) is 0.0367. The van der Waals surface area contributed by atoms with E-state index < -0.39 is 71.7 Å². The van der Waals surface area contributed by atoms with E-state index in [0.717, 1.165) is 35.1 Å². The number of nitrogens with zero attached hydrogens (tertiary/aromatic N) is 8. The van der Waals surface area contributed by atoms with Gasteiger partial charge in [0.25, 0.3) is 10.2 Å². The molecule has 2 aromatic heterocycles. The minimum Gasteiger partial charge on any atom is -0.457 e. The van der Waals surface area contributed by atoms with Gasteiger partial charge in [0, 0.05) is 38.9 Å². The minimum absolute atomic E-state index is 0.0219. The van der Waals surface area contributed by atoms with Crippen LogP contribution in [0.25, 0.3) is 22.5 Å².